The van der Waals surface area contributed by atoms with Crippen molar-refractivity contribution in [3.8, 4) is 0 Å². The second-order valence-corrected chi connectivity index (χ2v) is 5.83. The summed E-state index contributed by atoms with van der Waals surface area (Å²) in [6, 6.07) is 3.67. The first-order valence-electron chi connectivity index (χ1n) is 6.40. The molecule has 1 aromatic heterocycles. The average Bonchev–Trinajstić information content (AvgIpc) is 2.82. The summed E-state index contributed by atoms with van der Waals surface area (Å²) in [6.45, 7) is 3.41. The van der Waals surface area contributed by atoms with Crippen molar-refractivity contribution in [3.05, 3.63) is 51.0 Å². The van der Waals surface area contributed by atoms with Crippen molar-refractivity contribution < 1.29 is 22.8 Å². The van der Waals surface area contributed by atoms with E-state index in [-0.39, 0.29) is 5.56 Å². The van der Waals surface area contributed by atoms with Crippen molar-refractivity contribution in [2.75, 3.05) is 0 Å². The van der Waals surface area contributed by atoms with E-state index in [0.29, 0.717) is 15.6 Å². The zero-order valence-electron chi connectivity index (χ0n) is 12.1. The minimum Gasteiger partial charge on any atom is -0.267 e. The Morgan fingerprint density at radius 3 is 2.09 bits per heavy atom. The Balaban J connectivity index is 2.00. The molecule has 5 nitrogen and oxygen atoms in total. The highest BCUT2D eigenvalue weighted by atomic mass is 32.1. The molecule has 0 fully saturated rings. The van der Waals surface area contributed by atoms with Crippen LogP contribution in [0.3, 0.4) is 0 Å². The second-order valence-electron chi connectivity index (χ2n) is 4.63. The van der Waals surface area contributed by atoms with Gasteiger partial charge in [-0.1, -0.05) is 0 Å². The van der Waals surface area contributed by atoms with Gasteiger partial charge in [0.1, 0.15) is 4.88 Å². The number of nitrogens with one attached hydrogen (secondary N) is 2. The summed E-state index contributed by atoms with van der Waals surface area (Å²) in [5, 5.41) is 0.710. The molecule has 0 aliphatic rings. The van der Waals surface area contributed by atoms with Crippen LogP contribution in [0.1, 0.15) is 36.3 Å². The smallest absolute Gasteiger partial charge is 0.267 e. The standard InChI is InChI=1S/C14H12F3N3O2S/c1-7-11(23-8(2)18-7)13(22)20-19-12(21)9-3-5-10(6-4-9)14(15,16)17/h3-6H,1-2H3,(H,19,21)(H,20,22). The Bertz CT molecular complexity index is 739. The van der Waals surface area contributed by atoms with Crippen LogP contribution in [0.5, 0.6) is 0 Å². The van der Waals surface area contributed by atoms with E-state index in [2.05, 4.69) is 15.8 Å². The van der Waals surface area contributed by atoms with Crippen LogP contribution in [0, 0.1) is 13.8 Å². The van der Waals surface area contributed by atoms with E-state index >= 15 is 0 Å². The molecule has 0 saturated carbocycles. The van der Waals surface area contributed by atoms with Gasteiger partial charge in [-0.05, 0) is 38.1 Å². The van der Waals surface area contributed by atoms with Crippen molar-refractivity contribution in [1.82, 2.24) is 15.8 Å². The number of carbonyl (C=O) groups excluding carboxylic acids is 2. The van der Waals surface area contributed by atoms with E-state index in [4.69, 9.17) is 0 Å². The summed E-state index contributed by atoms with van der Waals surface area (Å²) in [5.74, 6) is -1.25. The Hall–Kier alpha value is -2.42. The van der Waals surface area contributed by atoms with Gasteiger partial charge in [0.15, 0.2) is 0 Å². The van der Waals surface area contributed by atoms with Gasteiger partial charge in [-0.3, -0.25) is 20.4 Å². The quantitative estimate of drug-likeness (QED) is 0.824. The lowest BCUT2D eigenvalue weighted by Crippen LogP contribution is -2.41. The van der Waals surface area contributed by atoms with E-state index in [1.165, 1.54) is 11.3 Å². The maximum absolute atomic E-state index is 12.4. The van der Waals surface area contributed by atoms with E-state index in [0.717, 1.165) is 24.3 Å². The summed E-state index contributed by atoms with van der Waals surface area (Å²) in [7, 11) is 0. The molecule has 0 saturated heterocycles. The Morgan fingerprint density at radius 2 is 1.61 bits per heavy atom. The molecule has 23 heavy (non-hydrogen) atoms. The predicted octanol–water partition coefficient (Wildman–Crippen LogP) is 2.85. The van der Waals surface area contributed by atoms with Crippen LogP contribution in [0.25, 0.3) is 0 Å². The summed E-state index contributed by atoms with van der Waals surface area (Å²) in [6.07, 6.45) is -4.47. The van der Waals surface area contributed by atoms with Crippen LogP contribution < -0.4 is 10.9 Å². The number of aryl methyl sites for hydroxylation is 2. The number of rotatable bonds is 2. The van der Waals surface area contributed by atoms with Gasteiger partial charge in [-0.15, -0.1) is 11.3 Å². The van der Waals surface area contributed by atoms with Gasteiger partial charge in [-0.25, -0.2) is 4.98 Å². The largest absolute Gasteiger partial charge is 0.416 e. The molecule has 2 N–H and O–H groups in total. The Labute approximate surface area is 133 Å². The lowest BCUT2D eigenvalue weighted by Gasteiger charge is -2.09. The number of hydrogen-bond acceptors (Lipinski definition) is 4. The zero-order valence-corrected chi connectivity index (χ0v) is 12.9. The van der Waals surface area contributed by atoms with Gasteiger partial charge < -0.3 is 0 Å². The van der Waals surface area contributed by atoms with E-state index < -0.39 is 23.6 Å². The molecule has 122 valence electrons. The normalized spacial score (nSPS) is 11.2. The van der Waals surface area contributed by atoms with Crippen LogP contribution in [0.15, 0.2) is 24.3 Å². The highest BCUT2D eigenvalue weighted by Crippen LogP contribution is 2.29. The second kappa shape index (κ2) is 6.37. The number of alkyl halides is 3. The third-order valence-corrected chi connectivity index (χ3v) is 3.95. The predicted molar refractivity (Wildman–Crippen MR) is 78.0 cm³/mol. The van der Waals surface area contributed by atoms with Crippen molar-refractivity contribution in [1.29, 1.82) is 0 Å². The molecule has 9 heteroatoms. The minimum atomic E-state index is -4.47. The summed E-state index contributed by atoms with van der Waals surface area (Å²) in [5.41, 5.74) is 4.04. The topological polar surface area (TPSA) is 71.1 Å². The zero-order chi connectivity index (χ0) is 17.2. The third-order valence-electron chi connectivity index (χ3n) is 2.87. The SMILES string of the molecule is Cc1nc(C)c(C(=O)NNC(=O)c2ccc(C(F)(F)F)cc2)s1. The van der Waals surface area contributed by atoms with Gasteiger partial charge in [-0.2, -0.15) is 13.2 Å². The van der Waals surface area contributed by atoms with Crippen LogP contribution >= 0.6 is 11.3 Å². The molecule has 0 aliphatic carbocycles. The van der Waals surface area contributed by atoms with Crippen molar-refractivity contribution in [2.45, 2.75) is 20.0 Å². The van der Waals surface area contributed by atoms with Crippen LogP contribution in [-0.4, -0.2) is 16.8 Å². The number of hydrogen-bond donors (Lipinski definition) is 2. The molecule has 1 aromatic carbocycles. The minimum absolute atomic E-state index is 0.00416. The third kappa shape index (κ3) is 4.07. The first-order valence-corrected chi connectivity index (χ1v) is 7.22. The molecular formula is C14H12F3N3O2S. The highest BCUT2D eigenvalue weighted by molar-refractivity contribution is 7.13. The number of hydrazine groups is 1. The number of benzene rings is 1. The number of halogens is 3. The number of carbonyl (C=O) groups is 2. The van der Waals surface area contributed by atoms with Gasteiger partial charge in [0.2, 0.25) is 0 Å². The van der Waals surface area contributed by atoms with E-state index in [9.17, 15) is 22.8 Å². The average molecular weight is 343 g/mol. The summed E-state index contributed by atoms with van der Waals surface area (Å²) >= 11 is 1.18. The molecule has 0 bridgehead atoms. The monoisotopic (exact) mass is 343 g/mol. The molecule has 0 radical (unpaired) electrons. The molecular weight excluding hydrogens is 331 g/mol. The van der Waals surface area contributed by atoms with Crippen LogP contribution in [0.4, 0.5) is 13.2 Å². The molecule has 2 rings (SSSR count). The number of aromatic nitrogens is 1. The van der Waals surface area contributed by atoms with Crippen molar-refractivity contribution in [2.24, 2.45) is 0 Å². The fourth-order valence-electron chi connectivity index (χ4n) is 1.80. The van der Waals surface area contributed by atoms with Gasteiger partial charge in [0.05, 0.1) is 16.3 Å². The lowest BCUT2D eigenvalue weighted by molar-refractivity contribution is -0.137. The molecule has 0 atom stereocenters. The Morgan fingerprint density at radius 1 is 1.04 bits per heavy atom. The number of thiazole rings is 1. The lowest BCUT2D eigenvalue weighted by atomic mass is 10.1. The maximum Gasteiger partial charge on any atom is 0.416 e. The van der Waals surface area contributed by atoms with E-state index in [1.807, 2.05) is 0 Å². The Kier molecular flexibility index (Phi) is 4.69. The molecule has 1 heterocycles. The molecule has 2 amide bonds. The fraction of sp³-hybridized carbons (Fsp3) is 0.214. The van der Waals surface area contributed by atoms with Gasteiger partial charge >= 0.3 is 6.18 Å². The van der Waals surface area contributed by atoms with Gasteiger partial charge in [0, 0.05) is 5.56 Å². The first-order chi connectivity index (χ1) is 10.7. The fourth-order valence-corrected chi connectivity index (χ4v) is 2.61. The highest BCUT2D eigenvalue weighted by Gasteiger charge is 2.30. The van der Waals surface area contributed by atoms with Crippen molar-refractivity contribution in [3.63, 3.8) is 0 Å². The first kappa shape index (κ1) is 16.9. The molecule has 0 unspecified atom stereocenters. The molecule has 2 aromatic rings. The molecule has 0 spiro atoms. The van der Waals surface area contributed by atoms with Gasteiger partial charge in [0.25, 0.3) is 11.8 Å². The summed E-state index contributed by atoms with van der Waals surface area (Å²) in [4.78, 5) is 28.2. The summed E-state index contributed by atoms with van der Waals surface area (Å²) < 4.78 is 37.3. The van der Waals surface area contributed by atoms with Crippen molar-refractivity contribution >= 4 is 23.2 Å². The van der Waals surface area contributed by atoms with Crippen LogP contribution in [-0.2, 0) is 6.18 Å². The van der Waals surface area contributed by atoms with Crippen LogP contribution in [0.2, 0.25) is 0 Å². The number of amides is 2. The maximum atomic E-state index is 12.4. The number of nitrogens with zero attached hydrogens (tertiary/aromatic N) is 1. The van der Waals surface area contributed by atoms with E-state index in [1.54, 1.807) is 13.8 Å². The molecule has 0 aliphatic heterocycles.